The maximum atomic E-state index is 11.8. The van der Waals surface area contributed by atoms with Gasteiger partial charge in [0.15, 0.2) is 0 Å². The monoisotopic (exact) mass is 258 g/mol. The highest BCUT2D eigenvalue weighted by molar-refractivity contribution is 5.82. The van der Waals surface area contributed by atoms with Crippen LogP contribution in [0.2, 0.25) is 0 Å². The van der Waals surface area contributed by atoms with Gasteiger partial charge in [0.25, 0.3) is 0 Å². The van der Waals surface area contributed by atoms with Gasteiger partial charge in [0.1, 0.15) is 11.6 Å². The molecule has 2 atom stereocenters. The van der Waals surface area contributed by atoms with Crippen LogP contribution in [0.5, 0.6) is 0 Å². The molecule has 5 nitrogen and oxygen atoms in total. The summed E-state index contributed by atoms with van der Waals surface area (Å²) in [7, 11) is 1.73. The van der Waals surface area contributed by atoms with Crippen molar-refractivity contribution in [2.45, 2.75) is 59.2 Å². The summed E-state index contributed by atoms with van der Waals surface area (Å²) in [6.07, 6.45) is 0. The summed E-state index contributed by atoms with van der Waals surface area (Å²) in [6, 6.07) is -0.911. The van der Waals surface area contributed by atoms with E-state index in [-0.39, 0.29) is 11.9 Å². The maximum absolute atomic E-state index is 11.8. The zero-order valence-corrected chi connectivity index (χ0v) is 12.5. The Morgan fingerprint density at radius 1 is 1.22 bits per heavy atom. The minimum atomic E-state index is -0.513. The normalized spacial score (nSPS) is 14.8. The Hall–Kier alpha value is -1.10. The van der Waals surface area contributed by atoms with Crippen molar-refractivity contribution in [3.63, 3.8) is 0 Å². The summed E-state index contributed by atoms with van der Waals surface area (Å²) in [6.45, 7) is 11.4. The van der Waals surface area contributed by atoms with Crippen LogP contribution in [-0.4, -0.2) is 48.1 Å². The number of nitrogens with one attached hydrogen (secondary N) is 1. The van der Waals surface area contributed by atoms with Crippen molar-refractivity contribution in [3.05, 3.63) is 0 Å². The van der Waals surface area contributed by atoms with Crippen molar-refractivity contribution in [1.29, 1.82) is 0 Å². The van der Waals surface area contributed by atoms with Crippen LogP contribution in [0.1, 0.15) is 41.5 Å². The fraction of sp³-hybridized carbons (Fsp3) is 0.846. The zero-order chi connectivity index (χ0) is 14.5. The van der Waals surface area contributed by atoms with Gasteiger partial charge in [-0.05, 0) is 41.5 Å². The third-order valence-corrected chi connectivity index (χ3v) is 2.48. The zero-order valence-electron chi connectivity index (χ0n) is 12.5. The third kappa shape index (κ3) is 6.00. The first-order valence-electron chi connectivity index (χ1n) is 6.32. The number of carbonyl (C=O) groups excluding carboxylic acids is 2. The summed E-state index contributed by atoms with van der Waals surface area (Å²) in [5.41, 5.74) is -0.513. The average Bonchev–Trinajstić information content (AvgIpc) is 2.24. The van der Waals surface area contributed by atoms with E-state index in [4.69, 9.17) is 4.74 Å². The Labute approximate surface area is 110 Å². The van der Waals surface area contributed by atoms with Crippen molar-refractivity contribution in [1.82, 2.24) is 10.2 Å². The predicted molar refractivity (Wildman–Crippen MR) is 71.2 cm³/mol. The summed E-state index contributed by atoms with van der Waals surface area (Å²) in [4.78, 5) is 25.2. The Morgan fingerprint density at radius 3 is 2.11 bits per heavy atom. The molecule has 0 saturated carbocycles. The molecule has 2 unspecified atom stereocenters. The standard InChI is InChI=1S/C13H26N2O3/c1-8-15(7)11(16)9(2)14-10(3)12(17)18-13(4,5)6/h9-10,14H,8H2,1-7H3. The number of carbonyl (C=O) groups is 2. The first kappa shape index (κ1) is 16.9. The Kier molecular flexibility index (Phi) is 6.32. The number of ether oxygens (including phenoxy) is 1. The van der Waals surface area contributed by atoms with Gasteiger partial charge in [0.2, 0.25) is 5.91 Å². The molecule has 0 saturated heterocycles. The molecular weight excluding hydrogens is 232 g/mol. The molecule has 0 fully saturated rings. The van der Waals surface area contributed by atoms with Crippen LogP contribution >= 0.6 is 0 Å². The predicted octanol–water partition coefficient (Wildman–Crippen LogP) is 1.17. The SMILES string of the molecule is CCN(C)C(=O)C(C)NC(C)C(=O)OC(C)(C)C. The molecular formula is C13H26N2O3. The van der Waals surface area contributed by atoms with Crippen LogP contribution in [0.25, 0.3) is 0 Å². The van der Waals surface area contributed by atoms with Crippen molar-refractivity contribution >= 4 is 11.9 Å². The second-order valence-electron chi connectivity index (χ2n) is 5.50. The lowest BCUT2D eigenvalue weighted by Gasteiger charge is -2.26. The number of likely N-dealkylation sites (N-methyl/N-ethyl adjacent to an activating group) is 1. The van der Waals surface area contributed by atoms with Crippen LogP contribution in [0.3, 0.4) is 0 Å². The molecule has 0 spiro atoms. The number of hydrogen-bond acceptors (Lipinski definition) is 4. The van der Waals surface area contributed by atoms with E-state index in [0.29, 0.717) is 6.54 Å². The van der Waals surface area contributed by atoms with Gasteiger partial charge in [-0.3, -0.25) is 14.9 Å². The van der Waals surface area contributed by atoms with Gasteiger partial charge in [-0.1, -0.05) is 0 Å². The van der Waals surface area contributed by atoms with Gasteiger partial charge in [0, 0.05) is 13.6 Å². The first-order chi connectivity index (χ1) is 8.08. The molecule has 5 heteroatoms. The molecule has 0 aliphatic heterocycles. The van der Waals surface area contributed by atoms with Gasteiger partial charge in [-0.2, -0.15) is 0 Å². The van der Waals surface area contributed by atoms with E-state index in [1.165, 1.54) is 0 Å². The first-order valence-corrected chi connectivity index (χ1v) is 6.32. The highest BCUT2D eigenvalue weighted by Gasteiger charge is 2.25. The van der Waals surface area contributed by atoms with Crippen LogP contribution in [0.4, 0.5) is 0 Å². The van der Waals surface area contributed by atoms with Gasteiger partial charge in [0.05, 0.1) is 6.04 Å². The van der Waals surface area contributed by atoms with E-state index in [9.17, 15) is 9.59 Å². The van der Waals surface area contributed by atoms with Crippen LogP contribution in [0.15, 0.2) is 0 Å². The Morgan fingerprint density at radius 2 is 1.72 bits per heavy atom. The van der Waals surface area contributed by atoms with Crippen LogP contribution < -0.4 is 5.32 Å². The van der Waals surface area contributed by atoms with Crippen molar-refractivity contribution < 1.29 is 14.3 Å². The molecule has 0 aliphatic rings. The second kappa shape index (κ2) is 6.73. The minimum absolute atomic E-state index is 0.0343. The molecule has 0 radical (unpaired) electrons. The molecule has 106 valence electrons. The topological polar surface area (TPSA) is 58.6 Å². The average molecular weight is 258 g/mol. The number of amides is 1. The number of nitrogens with zero attached hydrogens (tertiary/aromatic N) is 1. The highest BCUT2D eigenvalue weighted by Crippen LogP contribution is 2.08. The lowest BCUT2D eigenvalue weighted by Crippen LogP contribution is -2.49. The Bertz CT molecular complexity index is 297. The van der Waals surface area contributed by atoms with Crippen molar-refractivity contribution in [2.24, 2.45) is 0 Å². The largest absolute Gasteiger partial charge is 0.459 e. The van der Waals surface area contributed by atoms with Gasteiger partial charge in [-0.25, -0.2) is 0 Å². The fourth-order valence-electron chi connectivity index (χ4n) is 1.39. The van der Waals surface area contributed by atoms with E-state index in [1.807, 2.05) is 27.7 Å². The summed E-state index contributed by atoms with van der Waals surface area (Å²) in [5, 5.41) is 2.95. The lowest BCUT2D eigenvalue weighted by atomic mass is 10.2. The van der Waals surface area contributed by atoms with Crippen LogP contribution in [0, 0.1) is 0 Å². The Balaban J connectivity index is 4.35. The van der Waals surface area contributed by atoms with E-state index in [2.05, 4.69) is 5.32 Å². The number of hydrogen-bond donors (Lipinski definition) is 1. The molecule has 0 aromatic rings. The molecule has 0 aromatic carbocycles. The third-order valence-electron chi connectivity index (χ3n) is 2.48. The molecule has 0 aromatic heterocycles. The number of esters is 1. The summed E-state index contributed by atoms with van der Waals surface area (Å²) < 4.78 is 5.24. The smallest absolute Gasteiger partial charge is 0.323 e. The van der Waals surface area contributed by atoms with Gasteiger partial charge in [-0.15, -0.1) is 0 Å². The summed E-state index contributed by atoms with van der Waals surface area (Å²) >= 11 is 0. The molecule has 0 bridgehead atoms. The molecule has 0 heterocycles. The lowest BCUT2D eigenvalue weighted by molar-refractivity contribution is -0.157. The second-order valence-corrected chi connectivity index (χ2v) is 5.50. The summed E-state index contributed by atoms with van der Waals surface area (Å²) in [5.74, 6) is -0.380. The molecule has 1 N–H and O–H groups in total. The van der Waals surface area contributed by atoms with E-state index in [1.54, 1.807) is 25.8 Å². The highest BCUT2D eigenvalue weighted by atomic mass is 16.6. The molecule has 0 aliphatic carbocycles. The molecule has 18 heavy (non-hydrogen) atoms. The van der Waals surface area contributed by atoms with Gasteiger partial charge >= 0.3 is 5.97 Å². The van der Waals surface area contributed by atoms with E-state index in [0.717, 1.165) is 0 Å². The van der Waals surface area contributed by atoms with Crippen molar-refractivity contribution in [2.75, 3.05) is 13.6 Å². The quantitative estimate of drug-likeness (QED) is 0.752. The van der Waals surface area contributed by atoms with Crippen LogP contribution in [-0.2, 0) is 14.3 Å². The minimum Gasteiger partial charge on any atom is -0.459 e. The van der Waals surface area contributed by atoms with Gasteiger partial charge < -0.3 is 9.64 Å². The fourth-order valence-corrected chi connectivity index (χ4v) is 1.39. The number of rotatable bonds is 5. The molecule has 0 rings (SSSR count). The van der Waals surface area contributed by atoms with E-state index >= 15 is 0 Å². The van der Waals surface area contributed by atoms with E-state index < -0.39 is 17.7 Å². The van der Waals surface area contributed by atoms with Crippen molar-refractivity contribution in [3.8, 4) is 0 Å². The maximum Gasteiger partial charge on any atom is 0.323 e. The molecule has 1 amide bonds.